The Morgan fingerprint density at radius 2 is 1.47 bits per heavy atom. The number of nitrogens with one attached hydrogen (secondary N) is 1. The molecule has 12 heteroatoms. The Bertz CT molecular complexity index is 1720. The molecule has 0 spiro atoms. The van der Waals surface area contributed by atoms with Crippen LogP contribution in [-0.2, 0) is 32.6 Å². The maximum atomic E-state index is 14.4. The third-order valence-corrected chi connectivity index (χ3v) is 9.80. The number of benzene rings is 4. The molecule has 0 radical (unpaired) electrons. The lowest BCUT2D eigenvalue weighted by atomic mass is 10.0. The molecule has 0 bridgehead atoms. The van der Waals surface area contributed by atoms with Crippen molar-refractivity contribution in [3.8, 4) is 0 Å². The quantitative estimate of drug-likeness (QED) is 0.162. The van der Waals surface area contributed by atoms with Crippen LogP contribution in [-0.4, -0.2) is 44.3 Å². The molecule has 0 aliphatic carbocycles. The van der Waals surface area contributed by atoms with Crippen molar-refractivity contribution in [2.24, 2.45) is 0 Å². The van der Waals surface area contributed by atoms with Crippen molar-refractivity contribution in [1.82, 2.24) is 10.2 Å². The fraction of sp³-hybridized carbons (Fsp3) is 0.212. The molecule has 2 amide bonds. The van der Waals surface area contributed by atoms with E-state index in [0.717, 1.165) is 22.0 Å². The zero-order chi connectivity index (χ0) is 32.6. The van der Waals surface area contributed by atoms with Gasteiger partial charge in [0.2, 0.25) is 11.8 Å². The van der Waals surface area contributed by atoms with Crippen molar-refractivity contribution in [2.75, 3.05) is 17.4 Å². The van der Waals surface area contributed by atoms with Crippen LogP contribution in [0.3, 0.4) is 0 Å². The Labute approximate surface area is 277 Å². The summed E-state index contributed by atoms with van der Waals surface area (Å²) in [4.78, 5) is 29.3. The molecule has 4 aromatic rings. The average molecular weight is 691 g/mol. The first-order valence-corrected chi connectivity index (χ1v) is 16.7. The van der Waals surface area contributed by atoms with Gasteiger partial charge in [0, 0.05) is 35.1 Å². The summed E-state index contributed by atoms with van der Waals surface area (Å²) in [6, 6.07) is 23.8. The van der Waals surface area contributed by atoms with E-state index in [1.807, 2.05) is 37.3 Å². The van der Waals surface area contributed by atoms with Crippen LogP contribution < -0.4 is 9.62 Å². The highest BCUT2D eigenvalue weighted by atomic mass is 35.5. The highest BCUT2D eigenvalue weighted by molar-refractivity contribution is 7.92. The maximum absolute atomic E-state index is 14.4. The summed E-state index contributed by atoms with van der Waals surface area (Å²) in [6.45, 7) is 1.33. The van der Waals surface area contributed by atoms with E-state index in [9.17, 15) is 22.4 Å². The number of hydrogen-bond acceptors (Lipinski definition) is 4. The van der Waals surface area contributed by atoms with Crippen molar-refractivity contribution >= 4 is 62.3 Å². The van der Waals surface area contributed by atoms with Crippen LogP contribution in [0.2, 0.25) is 15.1 Å². The number of amides is 2. The second kappa shape index (κ2) is 15.6. The highest BCUT2D eigenvalue weighted by Gasteiger charge is 2.35. The van der Waals surface area contributed by atoms with Gasteiger partial charge in [0.1, 0.15) is 18.4 Å². The highest BCUT2D eigenvalue weighted by Crippen LogP contribution is 2.30. The van der Waals surface area contributed by atoms with Crippen molar-refractivity contribution in [1.29, 1.82) is 0 Å². The van der Waals surface area contributed by atoms with E-state index in [1.54, 1.807) is 36.4 Å². The monoisotopic (exact) mass is 689 g/mol. The van der Waals surface area contributed by atoms with Crippen LogP contribution >= 0.6 is 34.8 Å². The van der Waals surface area contributed by atoms with Crippen LogP contribution in [0, 0.1) is 5.82 Å². The summed E-state index contributed by atoms with van der Waals surface area (Å²) in [5.74, 6) is -1.91. The molecule has 0 aromatic heterocycles. The summed E-state index contributed by atoms with van der Waals surface area (Å²) in [7, 11) is -4.37. The van der Waals surface area contributed by atoms with E-state index in [0.29, 0.717) is 18.5 Å². The van der Waals surface area contributed by atoms with Gasteiger partial charge in [0.15, 0.2) is 0 Å². The van der Waals surface area contributed by atoms with Gasteiger partial charge >= 0.3 is 0 Å². The van der Waals surface area contributed by atoms with E-state index >= 15 is 0 Å². The molecule has 0 saturated carbocycles. The lowest BCUT2D eigenvalue weighted by Gasteiger charge is -2.34. The van der Waals surface area contributed by atoms with Gasteiger partial charge in [-0.3, -0.25) is 13.9 Å². The van der Waals surface area contributed by atoms with Crippen molar-refractivity contribution in [3.63, 3.8) is 0 Å². The van der Waals surface area contributed by atoms with Gasteiger partial charge in [-0.25, -0.2) is 12.8 Å². The van der Waals surface area contributed by atoms with Gasteiger partial charge in [-0.05, 0) is 54.4 Å². The number of nitrogens with zero attached hydrogens (tertiary/aromatic N) is 2. The lowest BCUT2D eigenvalue weighted by Crippen LogP contribution is -2.53. The summed E-state index contributed by atoms with van der Waals surface area (Å²) in [6.07, 6.45) is 0.778. The molecule has 0 heterocycles. The number of carbonyl (C=O) groups is 2. The van der Waals surface area contributed by atoms with Crippen molar-refractivity contribution < 1.29 is 22.4 Å². The largest absolute Gasteiger partial charge is 0.354 e. The fourth-order valence-electron chi connectivity index (χ4n) is 4.66. The van der Waals surface area contributed by atoms with E-state index in [-0.39, 0.29) is 38.6 Å². The second-order valence-corrected chi connectivity index (χ2v) is 13.2. The summed E-state index contributed by atoms with van der Waals surface area (Å²) >= 11 is 19.1. The topological polar surface area (TPSA) is 86.8 Å². The normalized spacial score (nSPS) is 11.9. The standard InChI is InChI=1S/C33H31Cl3FN3O4S/c1-2-18-38-33(42)31(19-23-10-5-3-6-11-23)39(21-26-27(34)14-9-15-28(26)35)32(41)22-40(24-16-17-30(37)29(36)20-24)45(43,44)25-12-7-4-8-13-25/h3-17,20,31H,2,18-19,21-22H2,1H3,(H,38,42)/t31-/m0/s1. The SMILES string of the molecule is CCCNC(=O)[C@H](Cc1ccccc1)N(Cc1c(Cl)cccc1Cl)C(=O)CN(c1ccc(F)c(Cl)c1)S(=O)(=O)c1ccccc1. The number of rotatable bonds is 13. The number of halogens is 4. The number of hydrogen-bond donors (Lipinski definition) is 1. The predicted molar refractivity (Wildman–Crippen MR) is 177 cm³/mol. The minimum absolute atomic E-state index is 0.0376. The van der Waals surface area contributed by atoms with Crippen LogP contribution in [0.15, 0.2) is 102 Å². The van der Waals surface area contributed by atoms with Crippen LogP contribution in [0.5, 0.6) is 0 Å². The minimum atomic E-state index is -4.37. The molecule has 0 aliphatic rings. The molecule has 1 N–H and O–H groups in total. The minimum Gasteiger partial charge on any atom is -0.354 e. The molecule has 236 valence electrons. The zero-order valence-corrected chi connectivity index (χ0v) is 27.4. The van der Waals surface area contributed by atoms with E-state index in [1.165, 1.54) is 23.1 Å². The third kappa shape index (κ3) is 8.55. The Morgan fingerprint density at radius 1 is 0.844 bits per heavy atom. The molecule has 0 saturated heterocycles. The summed E-state index contributed by atoms with van der Waals surface area (Å²) in [5.41, 5.74) is 1.12. The Morgan fingerprint density at radius 3 is 2.07 bits per heavy atom. The summed E-state index contributed by atoms with van der Waals surface area (Å²) in [5, 5.41) is 3.08. The van der Waals surface area contributed by atoms with E-state index < -0.39 is 40.2 Å². The first-order valence-electron chi connectivity index (χ1n) is 14.1. The van der Waals surface area contributed by atoms with Gasteiger partial charge < -0.3 is 10.2 Å². The number of carbonyl (C=O) groups excluding carboxylic acids is 2. The van der Waals surface area contributed by atoms with Crippen LogP contribution in [0.1, 0.15) is 24.5 Å². The average Bonchev–Trinajstić information content (AvgIpc) is 3.03. The molecular weight excluding hydrogens is 660 g/mol. The van der Waals surface area contributed by atoms with E-state index in [2.05, 4.69) is 5.32 Å². The maximum Gasteiger partial charge on any atom is 0.264 e. The van der Waals surface area contributed by atoms with Crippen LogP contribution in [0.4, 0.5) is 10.1 Å². The molecule has 1 atom stereocenters. The smallest absolute Gasteiger partial charge is 0.264 e. The van der Waals surface area contributed by atoms with Crippen molar-refractivity contribution in [2.45, 2.75) is 37.2 Å². The molecule has 4 rings (SSSR count). The zero-order valence-electron chi connectivity index (χ0n) is 24.3. The summed E-state index contributed by atoms with van der Waals surface area (Å²) < 4.78 is 43.0. The van der Waals surface area contributed by atoms with E-state index in [4.69, 9.17) is 34.8 Å². The second-order valence-electron chi connectivity index (χ2n) is 10.1. The molecule has 0 unspecified atom stereocenters. The number of anilines is 1. The van der Waals surface area contributed by atoms with Gasteiger partial charge in [0.25, 0.3) is 10.0 Å². The van der Waals surface area contributed by atoms with Crippen molar-refractivity contribution in [3.05, 3.63) is 129 Å². The molecule has 4 aromatic carbocycles. The van der Waals surface area contributed by atoms with Crippen LogP contribution in [0.25, 0.3) is 0 Å². The fourth-order valence-corrected chi connectivity index (χ4v) is 6.78. The molecule has 0 aliphatic heterocycles. The molecule has 7 nitrogen and oxygen atoms in total. The first-order chi connectivity index (χ1) is 21.5. The molecule has 45 heavy (non-hydrogen) atoms. The Hall–Kier alpha value is -3.63. The molecule has 0 fully saturated rings. The molecular formula is C33H31Cl3FN3O4S. The first kappa shape index (κ1) is 34.2. The predicted octanol–water partition coefficient (Wildman–Crippen LogP) is 7.15. The number of sulfonamides is 1. The van der Waals surface area contributed by atoms with Gasteiger partial charge in [-0.2, -0.15) is 0 Å². The third-order valence-electron chi connectivity index (χ3n) is 7.01. The lowest BCUT2D eigenvalue weighted by molar-refractivity contribution is -0.140. The Kier molecular flexibility index (Phi) is 11.9. The Balaban J connectivity index is 1.84. The van der Waals surface area contributed by atoms with Gasteiger partial charge in [-0.15, -0.1) is 0 Å². The van der Waals surface area contributed by atoms with Gasteiger partial charge in [-0.1, -0.05) is 96.3 Å². The van der Waals surface area contributed by atoms with Gasteiger partial charge in [0.05, 0.1) is 15.6 Å².